The number of aliphatic carboxylic acids is 1. The highest BCUT2D eigenvalue weighted by molar-refractivity contribution is 5.77. The second kappa shape index (κ2) is 5.55. The van der Waals surface area contributed by atoms with Crippen LogP contribution in [0.2, 0.25) is 0 Å². The molecule has 0 saturated carbocycles. The lowest BCUT2D eigenvalue weighted by Crippen LogP contribution is -2.07. The minimum atomic E-state index is -4.53. The van der Waals surface area contributed by atoms with Gasteiger partial charge >= 0.3 is 12.1 Å². The van der Waals surface area contributed by atoms with E-state index in [-0.39, 0.29) is 11.1 Å². The molecule has 6 heteroatoms. The van der Waals surface area contributed by atoms with Crippen molar-refractivity contribution >= 4 is 5.97 Å². The first-order valence-electron chi connectivity index (χ1n) is 5.95. The predicted octanol–water partition coefficient (Wildman–Crippen LogP) is 4.14. The maximum atomic E-state index is 12.9. The summed E-state index contributed by atoms with van der Waals surface area (Å²) in [5, 5.41) is 8.83. The minimum absolute atomic E-state index is 0.132. The summed E-state index contributed by atoms with van der Waals surface area (Å²) in [6, 6.07) is 7.71. The van der Waals surface area contributed by atoms with Crippen LogP contribution in [0, 0.1) is 5.82 Å². The van der Waals surface area contributed by atoms with Crippen LogP contribution in [-0.4, -0.2) is 11.1 Å². The van der Waals surface area contributed by atoms with Gasteiger partial charge in [-0.1, -0.05) is 18.2 Å². The SMILES string of the molecule is O=C(O)Cc1ccc(C(F)(F)F)cc1-c1ccc(F)cc1. The van der Waals surface area contributed by atoms with E-state index in [4.69, 9.17) is 5.11 Å². The first-order valence-corrected chi connectivity index (χ1v) is 5.95. The van der Waals surface area contributed by atoms with Crippen LogP contribution < -0.4 is 0 Å². The molecule has 0 aliphatic heterocycles. The molecule has 0 saturated heterocycles. The molecule has 2 nitrogen and oxygen atoms in total. The number of halogens is 4. The number of carboxylic acid groups (broad SMARTS) is 1. The van der Waals surface area contributed by atoms with Crippen LogP contribution in [0.4, 0.5) is 17.6 Å². The van der Waals surface area contributed by atoms with E-state index < -0.39 is 29.9 Å². The van der Waals surface area contributed by atoms with E-state index in [1.807, 2.05) is 0 Å². The summed E-state index contributed by atoms with van der Waals surface area (Å²) >= 11 is 0. The van der Waals surface area contributed by atoms with E-state index in [9.17, 15) is 22.4 Å². The molecule has 0 heterocycles. The van der Waals surface area contributed by atoms with Crippen molar-refractivity contribution < 1.29 is 27.5 Å². The summed E-state index contributed by atoms with van der Waals surface area (Å²) in [5.41, 5.74) is -0.177. The lowest BCUT2D eigenvalue weighted by atomic mass is 9.95. The molecule has 2 aromatic carbocycles. The lowest BCUT2D eigenvalue weighted by molar-refractivity contribution is -0.137. The van der Waals surface area contributed by atoms with Crippen molar-refractivity contribution in [2.24, 2.45) is 0 Å². The van der Waals surface area contributed by atoms with Gasteiger partial charge in [0.2, 0.25) is 0 Å². The Balaban J connectivity index is 2.57. The van der Waals surface area contributed by atoms with Gasteiger partial charge in [-0.05, 0) is 41.0 Å². The third-order valence-corrected chi connectivity index (χ3v) is 2.93. The quantitative estimate of drug-likeness (QED) is 0.865. The first-order chi connectivity index (χ1) is 9.77. The van der Waals surface area contributed by atoms with Crippen molar-refractivity contribution in [3.8, 4) is 11.1 Å². The third-order valence-electron chi connectivity index (χ3n) is 2.93. The van der Waals surface area contributed by atoms with Crippen LogP contribution in [0.5, 0.6) is 0 Å². The fourth-order valence-corrected chi connectivity index (χ4v) is 1.97. The number of rotatable bonds is 3. The highest BCUT2D eigenvalue weighted by Crippen LogP contribution is 2.34. The summed E-state index contributed by atoms with van der Waals surface area (Å²) in [4.78, 5) is 10.8. The van der Waals surface area contributed by atoms with Gasteiger partial charge in [0.1, 0.15) is 5.82 Å². The standard InChI is InChI=1S/C15H10F4O2/c16-12-5-2-9(3-6-12)13-8-11(15(17,18)19)4-1-10(13)7-14(20)21/h1-6,8H,7H2,(H,20,21). The Morgan fingerprint density at radius 2 is 1.67 bits per heavy atom. The molecule has 0 spiro atoms. The van der Waals surface area contributed by atoms with Crippen molar-refractivity contribution in [1.82, 2.24) is 0 Å². The van der Waals surface area contributed by atoms with Gasteiger partial charge in [0, 0.05) is 0 Å². The highest BCUT2D eigenvalue weighted by atomic mass is 19.4. The number of carboxylic acids is 1. The molecule has 0 aliphatic carbocycles. The summed E-state index contributed by atoms with van der Waals surface area (Å²) in [6.45, 7) is 0. The number of hydrogen-bond acceptors (Lipinski definition) is 1. The molecule has 2 rings (SSSR count). The van der Waals surface area contributed by atoms with Crippen molar-refractivity contribution in [2.45, 2.75) is 12.6 Å². The fourth-order valence-electron chi connectivity index (χ4n) is 1.97. The van der Waals surface area contributed by atoms with Gasteiger partial charge in [0.15, 0.2) is 0 Å². The smallest absolute Gasteiger partial charge is 0.416 e. The number of carbonyl (C=O) groups is 1. The first kappa shape index (κ1) is 15.0. The molecule has 0 aliphatic rings. The molecule has 0 amide bonds. The Morgan fingerprint density at radius 3 is 2.19 bits per heavy atom. The van der Waals surface area contributed by atoms with Gasteiger partial charge in [-0.15, -0.1) is 0 Å². The van der Waals surface area contributed by atoms with Gasteiger partial charge < -0.3 is 5.11 Å². The van der Waals surface area contributed by atoms with Crippen molar-refractivity contribution in [3.63, 3.8) is 0 Å². The summed E-state index contributed by atoms with van der Waals surface area (Å²) in [7, 11) is 0. The topological polar surface area (TPSA) is 37.3 Å². The molecule has 2 aromatic rings. The molecule has 21 heavy (non-hydrogen) atoms. The summed E-state index contributed by atoms with van der Waals surface area (Å²) in [6.07, 6.45) is -4.94. The zero-order valence-electron chi connectivity index (χ0n) is 10.6. The largest absolute Gasteiger partial charge is 0.481 e. The third kappa shape index (κ3) is 3.59. The summed E-state index contributed by atoms with van der Waals surface area (Å²) in [5.74, 6) is -1.68. The van der Waals surface area contributed by atoms with Crippen LogP contribution in [0.15, 0.2) is 42.5 Å². The minimum Gasteiger partial charge on any atom is -0.481 e. The van der Waals surface area contributed by atoms with Gasteiger partial charge in [0.25, 0.3) is 0 Å². The second-order valence-corrected chi connectivity index (χ2v) is 4.45. The Morgan fingerprint density at radius 1 is 1.05 bits per heavy atom. The molecule has 0 aromatic heterocycles. The Bertz CT molecular complexity index is 660. The Kier molecular flexibility index (Phi) is 3.97. The lowest BCUT2D eigenvalue weighted by Gasteiger charge is -2.13. The Hall–Kier alpha value is -2.37. The van der Waals surface area contributed by atoms with E-state index in [1.165, 1.54) is 12.1 Å². The Labute approximate surface area is 117 Å². The number of benzene rings is 2. The molecule has 110 valence electrons. The van der Waals surface area contributed by atoms with Gasteiger partial charge in [-0.3, -0.25) is 4.79 Å². The van der Waals surface area contributed by atoms with Crippen molar-refractivity contribution in [2.75, 3.05) is 0 Å². The fraction of sp³-hybridized carbons (Fsp3) is 0.133. The van der Waals surface area contributed by atoms with E-state index in [0.717, 1.165) is 30.3 Å². The van der Waals surface area contributed by atoms with E-state index >= 15 is 0 Å². The monoisotopic (exact) mass is 298 g/mol. The molecular formula is C15H10F4O2. The van der Waals surface area contributed by atoms with Crippen LogP contribution in [0.25, 0.3) is 11.1 Å². The molecule has 0 bridgehead atoms. The molecule has 1 N–H and O–H groups in total. The molecular weight excluding hydrogens is 288 g/mol. The maximum Gasteiger partial charge on any atom is 0.416 e. The second-order valence-electron chi connectivity index (χ2n) is 4.45. The van der Waals surface area contributed by atoms with E-state index in [0.29, 0.717) is 5.56 Å². The highest BCUT2D eigenvalue weighted by Gasteiger charge is 2.31. The molecule has 0 unspecified atom stereocenters. The van der Waals surface area contributed by atoms with E-state index in [2.05, 4.69) is 0 Å². The van der Waals surface area contributed by atoms with Gasteiger partial charge in [-0.25, -0.2) is 4.39 Å². The predicted molar refractivity (Wildman–Crippen MR) is 68.2 cm³/mol. The zero-order valence-corrected chi connectivity index (χ0v) is 10.6. The van der Waals surface area contributed by atoms with Crippen LogP contribution >= 0.6 is 0 Å². The van der Waals surface area contributed by atoms with Gasteiger partial charge in [-0.2, -0.15) is 13.2 Å². The average Bonchev–Trinajstić information content (AvgIpc) is 2.38. The zero-order chi connectivity index (χ0) is 15.6. The molecule has 0 atom stereocenters. The normalized spacial score (nSPS) is 11.4. The summed E-state index contributed by atoms with van der Waals surface area (Å²) < 4.78 is 51.2. The van der Waals surface area contributed by atoms with E-state index in [1.54, 1.807) is 0 Å². The van der Waals surface area contributed by atoms with Crippen LogP contribution in [-0.2, 0) is 17.4 Å². The number of hydrogen-bond donors (Lipinski definition) is 1. The van der Waals surface area contributed by atoms with Crippen molar-refractivity contribution in [1.29, 1.82) is 0 Å². The van der Waals surface area contributed by atoms with Crippen LogP contribution in [0.3, 0.4) is 0 Å². The van der Waals surface area contributed by atoms with Crippen molar-refractivity contribution in [3.05, 3.63) is 59.4 Å². The average molecular weight is 298 g/mol. The van der Waals surface area contributed by atoms with Crippen LogP contribution in [0.1, 0.15) is 11.1 Å². The maximum absolute atomic E-state index is 12.9. The number of alkyl halides is 3. The van der Waals surface area contributed by atoms with Gasteiger partial charge in [0.05, 0.1) is 12.0 Å². The molecule has 0 fully saturated rings. The molecule has 0 radical (unpaired) electrons.